The molecule has 2 N–H and O–H groups in total. The van der Waals surface area contributed by atoms with Gasteiger partial charge >= 0.3 is 0 Å². The molecule has 166 valence electrons. The molecule has 2 fully saturated rings. The van der Waals surface area contributed by atoms with E-state index in [1.165, 1.54) is 12.8 Å². The summed E-state index contributed by atoms with van der Waals surface area (Å²) in [5, 5.41) is 20.1. The molecule has 0 amide bonds. The van der Waals surface area contributed by atoms with Crippen molar-refractivity contribution in [2.45, 2.75) is 37.2 Å². The van der Waals surface area contributed by atoms with Crippen LogP contribution in [0.1, 0.15) is 43.1 Å². The van der Waals surface area contributed by atoms with Crippen LogP contribution < -0.4 is 4.90 Å². The lowest BCUT2D eigenvalue weighted by Gasteiger charge is -2.38. The molecule has 0 spiro atoms. The molecule has 1 aliphatic carbocycles. The number of aliphatic hydroxyl groups is 1. The number of aromatic amines is 1. The van der Waals surface area contributed by atoms with Gasteiger partial charge in [-0.1, -0.05) is 30.3 Å². The van der Waals surface area contributed by atoms with E-state index in [0.29, 0.717) is 31.8 Å². The number of halogens is 1. The maximum absolute atomic E-state index is 11.5. The summed E-state index contributed by atoms with van der Waals surface area (Å²) in [5.74, 6) is 2.16. The van der Waals surface area contributed by atoms with Crippen molar-refractivity contribution >= 4 is 29.3 Å². The van der Waals surface area contributed by atoms with Crippen LogP contribution in [0.4, 0.5) is 5.82 Å². The summed E-state index contributed by atoms with van der Waals surface area (Å²) < 4.78 is 1.96. The second-order valence-corrected chi connectivity index (χ2v) is 8.75. The van der Waals surface area contributed by atoms with Crippen LogP contribution in [0.5, 0.6) is 0 Å². The summed E-state index contributed by atoms with van der Waals surface area (Å²) in [4.78, 5) is 16.0. The highest BCUT2D eigenvalue weighted by Crippen LogP contribution is 2.44. The quantitative estimate of drug-likeness (QED) is 0.492. The molecule has 0 atom stereocenters. The number of aromatic nitrogens is 6. The van der Waals surface area contributed by atoms with Crippen LogP contribution in [0.15, 0.2) is 42.9 Å². The number of rotatable bonds is 4. The Morgan fingerprint density at radius 1 is 1.09 bits per heavy atom. The van der Waals surface area contributed by atoms with E-state index in [4.69, 9.17) is 4.98 Å². The van der Waals surface area contributed by atoms with Crippen molar-refractivity contribution in [3.63, 3.8) is 0 Å². The second-order valence-electron chi connectivity index (χ2n) is 8.75. The minimum absolute atomic E-state index is 0. The third-order valence-corrected chi connectivity index (χ3v) is 6.58. The molecule has 1 saturated heterocycles. The third-order valence-electron chi connectivity index (χ3n) is 6.58. The number of nitrogens with zero attached hydrogens (tertiary/aromatic N) is 6. The number of piperidine rings is 1. The molecule has 1 aliphatic heterocycles. The van der Waals surface area contributed by atoms with Crippen molar-refractivity contribution in [1.82, 2.24) is 29.7 Å². The zero-order chi connectivity index (χ0) is 21.0. The first-order valence-corrected chi connectivity index (χ1v) is 10.9. The highest BCUT2D eigenvalue weighted by molar-refractivity contribution is 5.90. The average Bonchev–Trinajstić information content (AvgIpc) is 3.42. The van der Waals surface area contributed by atoms with Crippen molar-refractivity contribution in [1.29, 1.82) is 0 Å². The molecular formula is C23H26ClN7O. The van der Waals surface area contributed by atoms with Gasteiger partial charge in [0.05, 0.1) is 16.8 Å². The Labute approximate surface area is 192 Å². The van der Waals surface area contributed by atoms with Gasteiger partial charge in [0.1, 0.15) is 23.6 Å². The number of aryl methyl sites for hydroxylation is 1. The zero-order valence-corrected chi connectivity index (χ0v) is 18.7. The van der Waals surface area contributed by atoms with Crippen LogP contribution in [-0.2, 0) is 12.6 Å². The van der Waals surface area contributed by atoms with Crippen molar-refractivity contribution in [2.75, 3.05) is 18.0 Å². The van der Waals surface area contributed by atoms with Crippen LogP contribution in [0, 0.1) is 0 Å². The van der Waals surface area contributed by atoms with Crippen molar-refractivity contribution in [2.24, 2.45) is 7.05 Å². The highest BCUT2D eigenvalue weighted by atomic mass is 35.5. The molecule has 0 bridgehead atoms. The van der Waals surface area contributed by atoms with Gasteiger partial charge in [0.25, 0.3) is 0 Å². The monoisotopic (exact) mass is 451 g/mol. The highest BCUT2D eigenvalue weighted by Gasteiger charge is 2.39. The summed E-state index contributed by atoms with van der Waals surface area (Å²) in [6.07, 6.45) is 7.13. The van der Waals surface area contributed by atoms with Gasteiger partial charge in [-0.15, -0.1) is 12.4 Å². The van der Waals surface area contributed by atoms with E-state index in [-0.39, 0.29) is 12.4 Å². The Morgan fingerprint density at radius 3 is 2.56 bits per heavy atom. The maximum Gasteiger partial charge on any atom is 0.161 e. The summed E-state index contributed by atoms with van der Waals surface area (Å²) in [6, 6.07) is 10.1. The molecule has 0 unspecified atom stereocenters. The van der Waals surface area contributed by atoms with E-state index in [1.807, 2.05) is 48.1 Å². The number of H-pyrrole nitrogens is 1. The summed E-state index contributed by atoms with van der Waals surface area (Å²) in [7, 11) is 1.96. The van der Waals surface area contributed by atoms with Gasteiger partial charge < -0.3 is 14.6 Å². The number of benzene rings is 1. The third kappa shape index (κ3) is 3.43. The fourth-order valence-electron chi connectivity index (χ4n) is 4.72. The lowest BCUT2D eigenvalue weighted by atomic mass is 9.90. The molecule has 8 nitrogen and oxygen atoms in total. The normalized spacial score (nSPS) is 18.0. The molecule has 3 aromatic heterocycles. The number of hydrogen-bond acceptors (Lipinski definition) is 6. The molecule has 6 rings (SSSR count). The van der Waals surface area contributed by atoms with E-state index in [1.54, 1.807) is 6.33 Å². The Bertz CT molecular complexity index is 1240. The first-order valence-electron chi connectivity index (χ1n) is 10.9. The smallest absolute Gasteiger partial charge is 0.161 e. The molecule has 4 aromatic rings. The number of hydrogen-bond donors (Lipinski definition) is 2. The Kier molecular flexibility index (Phi) is 5.14. The molecular weight excluding hydrogens is 426 g/mol. The molecule has 0 radical (unpaired) electrons. The van der Waals surface area contributed by atoms with E-state index in [9.17, 15) is 5.11 Å². The van der Waals surface area contributed by atoms with E-state index < -0.39 is 5.60 Å². The van der Waals surface area contributed by atoms with Gasteiger partial charge in [0.2, 0.25) is 0 Å². The van der Waals surface area contributed by atoms with Gasteiger partial charge in [-0.05, 0) is 12.8 Å². The average molecular weight is 452 g/mol. The second kappa shape index (κ2) is 7.86. The minimum atomic E-state index is -0.958. The SMILES string of the molecule is Cl.Cn1cc(-c2ccccc2)nc1C1(O)CCN(c2ncnc3[nH]nc(C4CC4)c23)CC1. The summed E-state index contributed by atoms with van der Waals surface area (Å²) in [6.45, 7) is 1.40. The van der Waals surface area contributed by atoms with E-state index in [2.05, 4.69) is 25.1 Å². The van der Waals surface area contributed by atoms with Crippen molar-refractivity contribution in [3.05, 3.63) is 54.4 Å². The predicted octanol–water partition coefficient (Wildman–Crippen LogP) is 3.54. The standard InChI is InChI=1S/C23H25N7O.ClH/c1-29-13-17(15-5-3-2-4-6-15)26-22(29)23(31)9-11-30(12-10-23)21-18-19(16-7-8-16)27-28-20(18)24-14-25-21;/h2-6,13-14,16,31H,7-12H2,1H3,(H,24,25,27,28);1H. The van der Waals surface area contributed by atoms with Crippen LogP contribution in [0.2, 0.25) is 0 Å². The number of fused-ring (bicyclic) bond motifs is 1. The molecule has 2 aliphatic rings. The lowest BCUT2D eigenvalue weighted by molar-refractivity contribution is 0.000755. The first kappa shape index (κ1) is 20.9. The van der Waals surface area contributed by atoms with Crippen molar-refractivity contribution in [3.8, 4) is 11.3 Å². The Morgan fingerprint density at radius 2 is 1.84 bits per heavy atom. The fourth-order valence-corrected chi connectivity index (χ4v) is 4.72. The van der Waals surface area contributed by atoms with Gasteiger partial charge in [-0.2, -0.15) is 5.10 Å². The van der Waals surface area contributed by atoms with Crippen LogP contribution in [-0.4, -0.2) is 47.9 Å². The summed E-state index contributed by atoms with van der Waals surface area (Å²) in [5.41, 5.74) is 2.87. The summed E-state index contributed by atoms with van der Waals surface area (Å²) >= 11 is 0. The number of nitrogens with one attached hydrogen (secondary N) is 1. The van der Waals surface area contributed by atoms with E-state index in [0.717, 1.165) is 39.6 Å². The van der Waals surface area contributed by atoms with Crippen LogP contribution in [0.25, 0.3) is 22.3 Å². The predicted molar refractivity (Wildman–Crippen MR) is 125 cm³/mol. The number of anilines is 1. The minimum Gasteiger partial charge on any atom is -0.382 e. The number of imidazole rings is 1. The van der Waals surface area contributed by atoms with Gasteiger partial charge in [0.15, 0.2) is 5.65 Å². The zero-order valence-electron chi connectivity index (χ0n) is 17.9. The first-order chi connectivity index (χ1) is 15.1. The molecule has 32 heavy (non-hydrogen) atoms. The van der Waals surface area contributed by atoms with Crippen LogP contribution >= 0.6 is 12.4 Å². The Balaban J connectivity index is 0.00000216. The lowest BCUT2D eigenvalue weighted by Crippen LogP contribution is -2.44. The van der Waals surface area contributed by atoms with Gasteiger partial charge in [-0.25, -0.2) is 15.0 Å². The molecule has 1 saturated carbocycles. The molecule has 4 heterocycles. The van der Waals surface area contributed by atoms with Gasteiger partial charge in [0, 0.05) is 50.7 Å². The molecule has 1 aromatic carbocycles. The van der Waals surface area contributed by atoms with E-state index >= 15 is 0 Å². The topological polar surface area (TPSA) is 95.7 Å². The Hall–Kier alpha value is -2.97. The largest absolute Gasteiger partial charge is 0.382 e. The molecule has 9 heteroatoms. The van der Waals surface area contributed by atoms with Gasteiger partial charge in [-0.3, -0.25) is 5.10 Å². The van der Waals surface area contributed by atoms with Crippen LogP contribution in [0.3, 0.4) is 0 Å². The maximum atomic E-state index is 11.5. The fraction of sp³-hybridized carbons (Fsp3) is 0.391. The van der Waals surface area contributed by atoms with Crippen molar-refractivity contribution < 1.29 is 5.11 Å².